The van der Waals surface area contributed by atoms with E-state index < -0.39 is 29.9 Å². The van der Waals surface area contributed by atoms with Gasteiger partial charge in [0.05, 0.1) is 12.0 Å². The highest BCUT2D eigenvalue weighted by atomic mass is 19.4. The van der Waals surface area contributed by atoms with Crippen molar-refractivity contribution in [1.82, 2.24) is 0 Å². The van der Waals surface area contributed by atoms with Gasteiger partial charge < -0.3 is 5.11 Å². The summed E-state index contributed by atoms with van der Waals surface area (Å²) in [5.41, 5.74) is -1.39. The Kier molecular flexibility index (Phi) is 2.97. The van der Waals surface area contributed by atoms with Crippen LogP contribution < -0.4 is 0 Å². The molecule has 0 heterocycles. The monoisotopic (exact) mass is 222 g/mol. The summed E-state index contributed by atoms with van der Waals surface area (Å²) in [7, 11) is 0. The first-order valence-electron chi connectivity index (χ1n) is 3.87. The predicted molar refractivity (Wildman–Crippen MR) is 42.7 cm³/mol. The maximum absolute atomic E-state index is 12.7. The fraction of sp³-hybridized carbons (Fsp3) is 0.222. The van der Waals surface area contributed by atoms with E-state index in [2.05, 4.69) is 0 Å². The number of carboxylic acids is 1. The Bertz CT molecular complexity index is 384. The Morgan fingerprint density at radius 1 is 1.27 bits per heavy atom. The number of carbonyl (C=O) groups is 1. The third-order valence-corrected chi connectivity index (χ3v) is 1.64. The van der Waals surface area contributed by atoms with Crippen molar-refractivity contribution in [2.24, 2.45) is 0 Å². The number of aliphatic carboxylic acids is 1. The summed E-state index contributed by atoms with van der Waals surface area (Å²) in [5.74, 6) is -2.41. The maximum Gasteiger partial charge on any atom is 0.416 e. The van der Waals surface area contributed by atoms with Gasteiger partial charge in [-0.2, -0.15) is 13.2 Å². The van der Waals surface area contributed by atoms with E-state index in [1.54, 1.807) is 0 Å². The van der Waals surface area contributed by atoms with Crippen LogP contribution in [0.15, 0.2) is 18.2 Å². The molecule has 0 aromatic heterocycles. The van der Waals surface area contributed by atoms with Crippen LogP contribution in [0.3, 0.4) is 0 Å². The highest BCUT2D eigenvalue weighted by Gasteiger charge is 2.31. The molecule has 1 aromatic rings. The largest absolute Gasteiger partial charge is 0.481 e. The number of hydrogen-bond donors (Lipinski definition) is 1. The molecule has 0 spiro atoms. The quantitative estimate of drug-likeness (QED) is 0.780. The summed E-state index contributed by atoms with van der Waals surface area (Å²) in [6, 6.07) is 1.71. The van der Waals surface area contributed by atoms with Crippen LogP contribution >= 0.6 is 0 Å². The molecule has 0 atom stereocenters. The van der Waals surface area contributed by atoms with Crippen LogP contribution in [0.1, 0.15) is 11.1 Å². The number of benzene rings is 1. The van der Waals surface area contributed by atoms with E-state index in [1.807, 2.05) is 0 Å². The normalized spacial score (nSPS) is 11.5. The zero-order chi connectivity index (χ0) is 11.6. The molecule has 0 bridgehead atoms. The van der Waals surface area contributed by atoms with Crippen LogP contribution in [-0.2, 0) is 17.4 Å². The summed E-state index contributed by atoms with van der Waals surface area (Å²) in [6.45, 7) is 0. The van der Waals surface area contributed by atoms with E-state index in [4.69, 9.17) is 5.11 Å². The summed E-state index contributed by atoms with van der Waals surface area (Å²) in [5, 5.41) is 8.35. The molecule has 0 saturated heterocycles. The van der Waals surface area contributed by atoms with Gasteiger partial charge in [-0.1, -0.05) is 0 Å². The van der Waals surface area contributed by atoms with Crippen molar-refractivity contribution in [3.05, 3.63) is 35.1 Å². The highest BCUT2D eigenvalue weighted by Crippen LogP contribution is 2.30. The van der Waals surface area contributed by atoms with Gasteiger partial charge in [0, 0.05) is 0 Å². The van der Waals surface area contributed by atoms with Gasteiger partial charge in [0.1, 0.15) is 5.82 Å². The van der Waals surface area contributed by atoms with E-state index in [0.717, 1.165) is 6.07 Å². The zero-order valence-electron chi connectivity index (χ0n) is 7.31. The van der Waals surface area contributed by atoms with Gasteiger partial charge in [0.2, 0.25) is 0 Å². The van der Waals surface area contributed by atoms with Gasteiger partial charge in [0.15, 0.2) is 0 Å². The first kappa shape index (κ1) is 11.5. The molecular weight excluding hydrogens is 216 g/mol. The van der Waals surface area contributed by atoms with Crippen molar-refractivity contribution in [2.75, 3.05) is 0 Å². The Balaban J connectivity index is 3.11. The number of rotatable bonds is 2. The molecule has 15 heavy (non-hydrogen) atoms. The van der Waals surface area contributed by atoms with Crippen molar-refractivity contribution in [2.45, 2.75) is 12.6 Å². The number of carboxylic acid groups (broad SMARTS) is 1. The van der Waals surface area contributed by atoms with Gasteiger partial charge >= 0.3 is 12.1 Å². The molecule has 6 heteroatoms. The molecule has 1 rings (SSSR count). The first-order chi connectivity index (χ1) is 6.79. The standard InChI is InChI=1S/C9H6F4O2/c10-7-2-5(3-8(14)15)1-6(4-7)9(11,12)13/h1-2,4H,3H2,(H,14,15). The average molecular weight is 222 g/mol. The van der Waals surface area contributed by atoms with Crippen LogP contribution in [0.25, 0.3) is 0 Å². The van der Waals surface area contributed by atoms with E-state index >= 15 is 0 Å². The van der Waals surface area contributed by atoms with Crippen LogP contribution in [0.2, 0.25) is 0 Å². The maximum atomic E-state index is 12.7. The Hall–Kier alpha value is -1.59. The van der Waals surface area contributed by atoms with E-state index in [1.165, 1.54) is 0 Å². The minimum Gasteiger partial charge on any atom is -0.481 e. The molecule has 1 N–H and O–H groups in total. The van der Waals surface area contributed by atoms with Crippen molar-refractivity contribution in [1.29, 1.82) is 0 Å². The fourth-order valence-electron chi connectivity index (χ4n) is 1.09. The Morgan fingerprint density at radius 2 is 1.87 bits per heavy atom. The summed E-state index contributed by atoms with van der Waals surface area (Å²) < 4.78 is 49.2. The molecule has 0 aliphatic carbocycles. The molecule has 2 nitrogen and oxygen atoms in total. The van der Waals surface area contributed by atoms with E-state index in [0.29, 0.717) is 12.1 Å². The Morgan fingerprint density at radius 3 is 2.33 bits per heavy atom. The molecule has 0 aliphatic heterocycles. The lowest BCUT2D eigenvalue weighted by atomic mass is 10.1. The second-order valence-electron chi connectivity index (χ2n) is 2.92. The molecule has 0 fully saturated rings. The fourth-order valence-corrected chi connectivity index (χ4v) is 1.09. The molecular formula is C9H6F4O2. The number of hydrogen-bond acceptors (Lipinski definition) is 1. The third-order valence-electron chi connectivity index (χ3n) is 1.64. The van der Waals surface area contributed by atoms with Gasteiger partial charge in [-0.05, 0) is 23.8 Å². The van der Waals surface area contributed by atoms with Crippen LogP contribution in [0.4, 0.5) is 17.6 Å². The topological polar surface area (TPSA) is 37.3 Å². The third kappa shape index (κ3) is 3.23. The highest BCUT2D eigenvalue weighted by molar-refractivity contribution is 5.70. The van der Waals surface area contributed by atoms with Gasteiger partial charge in [-0.15, -0.1) is 0 Å². The zero-order valence-corrected chi connectivity index (χ0v) is 7.31. The lowest BCUT2D eigenvalue weighted by Crippen LogP contribution is -2.08. The van der Waals surface area contributed by atoms with Gasteiger partial charge in [0.25, 0.3) is 0 Å². The minimum absolute atomic E-state index is 0.213. The van der Waals surface area contributed by atoms with Crippen molar-refractivity contribution < 1.29 is 27.5 Å². The lowest BCUT2D eigenvalue weighted by Gasteiger charge is -2.08. The second kappa shape index (κ2) is 3.88. The summed E-state index contributed by atoms with van der Waals surface area (Å²) in [4.78, 5) is 10.2. The van der Waals surface area contributed by atoms with Gasteiger partial charge in [-0.25, -0.2) is 4.39 Å². The molecule has 0 saturated carbocycles. The molecule has 1 aromatic carbocycles. The molecule has 0 amide bonds. The van der Waals surface area contributed by atoms with Crippen molar-refractivity contribution in [3.63, 3.8) is 0 Å². The smallest absolute Gasteiger partial charge is 0.416 e. The number of halogens is 4. The second-order valence-corrected chi connectivity index (χ2v) is 2.92. The average Bonchev–Trinajstić information content (AvgIpc) is 1.99. The first-order valence-corrected chi connectivity index (χ1v) is 3.87. The van der Waals surface area contributed by atoms with Crippen LogP contribution in [0.5, 0.6) is 0 Å². The van der Waals surface area contributed by atoms with Crippen molar-refractivity contribution in [3.8, 4) is 0 Å². The molecule has 0 unspecified atom stereocenters. The molecule has 0 radical (unpaired) electrons. The van der Waals surface area contributed by atoms with E-state index in [9.17, 15) is 22.4 Å². The number of alkyl halides is 3. The Labute approximate surface area is 82.1 Å². The molecule has 82 valence electrons. The van der Waals surface area contributed by atoms with Crippen LogP contribution in [0, 0.1) is 5.82 Å². The van der Waals surface area contributed by atoms with E-state index in [-0.39, 0.29) is 5.56 Å². The summed E-state index contributed by atoms with van der Waals surface area (Å²) in [6.07, 6.45) is -5.31. The van der Waals surface area contributed by atoms with Crippen molar-refractivity contribution >= 4 is 5.97 Å². The predicted octanol–water partition coefficient (Wildman–Crippen LogP) is 2.47. The summed E-state index contributed by atoms with van der Waals surface area (Å²) >= 11 is 0. The lowest BCUT2D eigenvalue weighted by molar-refractivity contribution is -0.139. The van der Waals surface area contributed by atoms with Gasteiger partial charge in [-0.3, -0.25) is 4.79 Å². The SMILES string of the molecule is O=C(O)Cc1cc(F)cc(C(F)(F)F)c1. The minimum atomic E-state index is -4.67. The molecule has 0 aliphatic rings. The van der Waals surface area contributed by atoms with Crippen LogP contribution in [-0.4, -0.2) is 11.1 Å².